The van der Waals surface area contributed by atoms with Gasteiger partial charge in [0.25, 0.3) is 0 Å². The smallest absolute Gasteiger partial charge is 0.328 e. The molecule has 0 radical (unpaired) electrons. The van der Waals surface area contributed by atoms with Gasteiger partial charge in [0.2, 0.25) is 0 Å². The van der Waals surface area contributed by atoms with Crippen LogP contribution in [-0.4, -0.2) is 16.6 Å². The Morgan fingerprint density at radius 2 is 2.00 bits per heavy atom. The lowest BCUT2D eigenvalue weighted by molar-refractivity contribution is -0.131. The molecule has 1 aromatic rings. The molecule has 1 aliphatic rings. The van der Waals surface area contributed by atoms with Gasteiger partial charge in [-0.15, -0.1) is 0 Å². The van der Waals surface area contributed by atoms with E-state index in [1.54, 1.807) is 6.92 Å². The summed E-state index contributed by atoms with van der Waals surface area (Å²) in [5.74, 6) is -0.924. The van der Waals surface area contributed by atoms with Gasteiger partial charge in [-0.2, -0.15) is 0 Å². The highest BCUT2D eigenvalue weighted by Gasteiger charge is 2.25. The number of carbonyl (C=O) groups is 1. The van der Waals surface area contributed by atoms with Gasteiger partial charge in [0.05, 0.1) is 5.54 Å². The van der Waals surface area contributed by atoms with Crippen molar-refractivity contribution in [2.45, 2.75) is 26.3 Å². The molecule has 104 valence electrons. The SMILES string of the molecule is CC(/C=C/C1=Cc2ccccc2NC1(C)C)=C\C(=O)O. The number of hydrogen-bond acceptors (Lipinski definition) is 2. The maximum atomic E-state index is 10.6. The molecule has 2 N–H and O–H groups in total. The Bertz CT molecular complexity index is 622. The van der Waals surface area contributed by atoms with Gasteiger partial charge in [0.1, 0.15) is 0 Å². The predicted octanol–water partition coefficient (Wildman–Crippen LogP) is 3.86. The minimum Gasteiger partial charge on any atom is -0.478 e. The first-order valence-corrected chi connectivity index (χ1v) is 6.57. The van der Waals surface area contributed by atoms with Crippen LogP contribution in [0.4, 0.5) is 5.69 Å². The van der Waals surface area contributed by atoms with Gasteiger partial charge in [-0.25, -0.2) is 4.79 Å². The van der Waals surface area contributed by atoms with Gasteiger partial charge >= 0.3 is 5.97 Å². The molecule has 1 heterocycles. The second-order valence-corrected chi connectivity index (χ2v) is 5.50. The van der Waals surface area contributed by atoms with Gasteiger partial charge < -0.3 is 10.4 Å². The summed E-state index contributed by atoms with van der Waals surface area (Å²) in [7, 11) is 0. The van der Waals surface area contributed by atoms with Crippen molar-refractivity contribution in [1.82, 2.24) is 0 Å². The van der Waals surface area contributed by atoms with E-state index in [0.29, 0.717) is 5.57 Å². The number of anilines is 1. The number of rotatable bonds is 3. The van der Waals surface area contributed by atoms with Crippen LogP contribution in [0, 0.1) is 0 Å². The van der Waals surface area contributed by atoms with Crippen LogP contribution < -0.4 is 5.32 Å². The molecule has 0 amide bonds. The lowest BCUT2D eigenvalue weighted by Crippen LogP contribution is -2.34. The monoisotopic (exact) mass is 269 g/mol. The minimum absolute atomic E-state index is 0.186. The molecule has 2 rings (SSSR count). The maximum absolute atomic E-state index is 10.6. The van der Waals surface area contributed by atoms with E-state index in [0.717, 1.165) is 16.8 Å². The van der Waals surface area contributed by atoms with Gasteiger partial charge in [-0.1, -0.05) is 30.4 Å². The van der Waals surface area contributed by atoms with E-state index in [1.807, 2.05) is 24.3 Å². The molecule has 0 saturated carbocycles. The summed E-state index contributed by atoms with van der Waals surface area (Å²) in [5, 5.41) is 12.2. The number of hydrogen-bond donors (Lipinski definition) is 2. The molecule has 0 atom stereocenters. The van der Waals surface area contributed by atoms with Crippen LogP contribution in [0.3, 0.4) is 0 Å². The summed E-state index contributed by atoms with van der Waals surface area (Å²) < 4.78 is 0. The first-order valence-electron chi connectivity index (χ1n) is 6.57. The van der Waals surface area contributed by atoms with Crippen molar-refractivity contribution in [2.24, 2.45) is 0 Å². The van der Waals surface area contributed by atoms with Crippen LogP contribution in [-0.2, 0) is 4.79 Å². The number of fused-ring (bicyclic) bond motifs is 1. The number of carboxylic acid groups (broad SMARTS) is 1. The molecule has 0 aliphatic carbocycles. The molecule has 0 spiro atoms. The second kappa shape index (κ2) is 5.37. The largest absolute Gasteiger partial charge is 0.478 e. The highest BCUT2D eigenvalue weighted by atomic mass is 16.4. The lowest BCUT2D eigenvalue weighted by Gasteiger charge is -2.34. The zero-order valence-electron chi connectivity index (χ0n) is 12.0. The summed E-state index contributed by atoms with van der Waals surface area (Å²) in [6, 6.07) is 8.14. The molecule has 0 bridgehead atoms. The lowest BCUT2D eigenvalue weighted by atomic mass is 9.87. The van der Waals surface area contributed by atoms with Crippen molar-refractivity contribution in [3.63, 3.8) is 0 Å². The first kappa shape index (κ1) is 14.1. The number of benzene rings is 1. The van der Waals surface area contributed by atoms with Gasteiger partial charge in [0.15, 0.2) is 0 Å². The normalized spacial score (nSPS) is 17.4. The van der Waals surface area contributed by atoms with Crippen molar-refractivity contribution in [1.29, 1.82) is 0 Å². The third kappa shape index (κ3) is 3.18. The van der Waals surface area contributed by atoms with Crippen molar-refractivity contribution in [2.75, 3.05) is 5.32 Å². The van der Waals surface area contributed by atoms with Crippen molar-refractivity contribution in [3.8, 4) is 0 Å². The van der Waals surface area contributed by atoms with E-state index >= 15 is 0 Å². The van der Waals surface area contributed by atoms with Crippen LogP contribution in [0.5, 0.6) is 0 Å². The second-order valence-electron chi connectivity index (χ2n) is 5.50. The molecule has 1 aliphatic heterocycles. The average molecular weight is 269 g/mol. The molecule has 20 heavy (non-hydrogen) atoms. The van der Waals surface area contributed by atoms with E-state index in [2.05, 4.69) is 37.4 Å². The Hall–Kier alpha value is -2.29. The Kier molecular flexibility index (Phi) is 3.79. The van der Waals surface area contributed by atoms with Gasteiger partial charge in [-0.3, -0.25) is 0 Å². The van der Waals surface area contributed by atoms with Crippen LogP contribution in [0.15, 0.2) is 53.6 Å². The predicted molar refractivity (Wildman–Crippen MR) is 82.7 cm³/mol. The van der Waals surface area contributed by atoms with Crippen LogP contribution in [0.1, 0.15) is 26.3 Å². The van der Waals surface area contributed by atoms with Crippen molar-refractivity contribution >= 4 is 17.7 Å². The standard InChI is InChI=1S/C17H19NO2/c1-12(10-16(19)20)8-9-14-11-13-6-4-5-7-15(13)18-17(14,2)3/h4-11,18H,1-3H3,(H,19,20)/b9-8+,12-10+. The Labute approximate surface area is 119 Å². The van der Waals surface area contributed by atoms with Crippen LogP contribution in [0.2, 0.25) is 0 Å². The third-order valence-electron chi connectivity index (χ3n) is 3.32. The van der Waals surface area contributed by atoms with E-state index in [1.165, 1.54) is 6.08 Å². The molecule has 0 fully saturated rings. The summed E-state index contributed by atoms with van der Waals surface area (Å²) >= 11 is 0. The average Bonchev–Trinajstić information content (AvgIpc) is 2.34. The first-order chi connectivity index (χ1) is 9.38. The fourth-order valence-electron chi connectivity index (χ4n) is 2.21. The number of para-hydroxylation sites is 1. The molecule has 0 aromatic heterocycles. The summed E-state index contributed by atoms with van der Waals surface area (Å²) in [6.45, 7) is 5.99. The molecule has 0 saturated heterocycles. The fraction of sp³-hybridized carbons (Fsp3) is 0.235. The van der Waals surface area contributed by atoms with E-state index < -0.39 is 5.97 Å². The number of aliphatic carboxylic acids is 1. The molecule has 3 heteroatoms. The highest BCUT2D eigenvalue weighted by Crippen LogP contribution is 2.33. The summed E-state index contributed by atoms with van der Waals surface area (Å²) in [6.07, 6.45) is 7.14. The van der Waals surface area contributed by atoms with E-state index in [-0.39, 0.29) is 5.54 Å². The summed E-state index contributed by atoms with van der Waals surface area (Å²) in [4.78, 5) is 10.6. The van der Waals surface area contributed by atoms with Gasteiger partial charge in [0, 0.05) is 11.8 Å². The van der Waals surface area contributed by atoms with E-state index in [9.17, 15) is 4.79 Å². The highest BCUT2D eigenvalue weighted by molar-refractivity contribution is 5.81. The molecule has 0 unspecified atom stereocenters. The number of allylic oxidation sites excluding steroid dienone is 2. The van der Waals surface area contributed by atoms with Crippen LogP contribution in [0.25, 0.3) is 6.08 Å². The molecule has 1 aromatic carbocycles. The topological polar surface area (TPSA) is 49.3 Å². The Morgan fingerprint density at radius 1 is 1.30 bits per heavy atom. The Morgan fingerprint density at radius 3 is 2.70 bits per heavy atom. The summed E-state index contributed by atoms with van der Waals surface area (Å²) in [5.41, 5.74) is 3.91. The molecular formula is C17H19NO2. The Balaban J connectivity index is 2.33. The third-order valence-corrected chi connectivity index (χ3v) is 3.32. The van der Waals surface area contributed by atoms with E-state index in [4.69, 9.17) is 5.11 Å². The van der Waals surface area contributed by atoms with Crippen LogP contribution >= 0.6 is 0 Å². The zero-order valence-corrected chi connectivity index (χ0v) is 12.0. The van der Waals surface area contributed by atoms with Gasteiger partial charge in [-0.05, 0) is 49.6 Å². The quantitative estimate of drug-likeness (QED) is 0.647. The van der Waals surface area contributed by atoms with Crippen molar-refractivity contribution in [3.05, 3.63) is 59.2 Å². The molecule has 3 nitrogen and oxygen atoms in total. The minimum atomic E-state index is -0.924. The zero-order chi connectivity index (χ0) is 14.8. The maximum Gasteiger partial charge on any atom is 0.328 e. The molecular weight excluding hydrogens is 250 g/mol. The number of carboxylic acids is 1. The van der Waals surface area contributed by atoms with Crippen molar-refractivity contribution < 1.29 is 9.90 Å². The fourth-order valence-corrected chi connectivity index (χ4v) is 2.21. The number of nitrogens with one attached hydrogen (secondary N) is 1.